The molecule has 1 aromatic carbocycles. The van der Waals surface area contributed by atoms with Gasteiger partial charge in [0.2, 0.25) is 0 Å². The van der Waals surface area contributed by atoms with Crippen molar-refractivity contribution in [3.8, 4) is 11.8 Å². The highest BCUT2D eigenvalue weighted by Crippen LogP contribution is 2.21. The van der Waals surface area contributed by atoms with Crippen LogP contribution >= 0.6 is 11.6 Å². The predicted molar refractivity (Wildman–Crippen MR) is 95.8 cm³/mol. The summed E-state index contributed by atoms with van der Waals surface area (Å²) in [6.45, 7) is 6.83. The molecule has 1 aliphatic rings. The Labute approximate surface area is 153 Å². The Hall–Kier alpha value is -1.81. The van der Waals surface area contributed by atoms with Crippen molar-refractivity contribution in [2.75, 3.05) is 52.5 Å². The fourth-order valence-electron chi connectivity index (χ4n) is 2.58. The molecule has 1 amide bonds. The molecule has 6 nitrogen and oxygen atoms in total. The summed E-state index contributed by atoms with van der Waals surface area (Å²) in [6.07, 6.45) is 0.314. The van der Waals surface area contributed by atoms with Crippen LogP contribution in [0.1, 0.15) is 12.0 Å². The molecule has 1 saturated heterocycles. The minimum Gasteiger partial charge on any atom is -0.484 e. The largest absolute Gasteiger partial charge is 0.484 e. The van der Waals surface area contributed by atoms with E-state index in [1.165, 1.54) is 0 Å². The van der Waals surface area contributed by atoms with Gasteiger partial charge in [-0.05, 0) is 30.7 Å². The molecule has 136 valence electrons. The van der Waals surface area contributed by atoms with Crippen molar-refractivity contribution in [1.29, 1.82) is 5.26 Å². The van der Waals surface area contributed by atoms with Crippen LogP contribution in [0.2, 0.25) is 5.02 Å². The van der Waals surface area contributed by atoms with E-state index in [4.69, 9.17) is 26.3 Å². The number of morpholine rings is 1. The van der Waals surface area contributed by atoms with E-state index in [0.29, 0.717) is 30.3 Å². The number of carbonyl (C=O) groups is 1. The number of aryl methyl sites for hydroxylation is 1. The smallest absolute Gasteiger partial charge is 0.260 e. The Kier molecular flexibility index (Phi) is 7.99. The van der Waals surface area contributed by atoms with E-state index in [0.717, 1.165) is 38.4 Å². The van der Waals surface area contributed by atoms with E-state index in [-0.39, 0.29) is 12.5 Å². The maximum atomic E-state index is 12.5. The van der Waals surface area contributed by atoms with E-state index >= 15 is 0 Å². The molecule has 1 fully saturated rings. The molecule has 0 spiro atoms. The van der Waals surface area contributed by atoms with Crippen LogP contribution in [0.3, 0.4) is 0 Å². The van der Waals surface area contributed by atoms with Crippen molar-refractivity contribution in [3.05, 3.63) is 28.8 Å². The van der Waals surface area contributed by atoms with Crippen molar-refractivity contribution < 1.29 is 14.3 Å². The van der Waals surface area contributed by atoms with Crippen molar-refractivity contribution in [2.45, 2.75) is 13.3 Å². The predicted octanol–water partition coefficient (Wildman–Crippen LogP) is 2.10. The lowest BCUT2D eigenvalue weighted by Crippen LogP contribution is -2.44. The number of rotatable bonds is 8. The highest BCUT2D eigenvalue weighted by atomic mass is 35.5. The van der Waals surface area contributed by atoms with E-state index in [1.807, 2.05) is 13.0 Å². The van der Waals surface area contributed by atoms with E-state index in [2.05, 4.69) is 11.0 Å². The van der Waals surface area contributed by atoms with Gasteiger partial charge in [-0.25, -0.2) is 0 Å². The van der Waals surface area contributed by atoms with E-state index < -0.39 is 0 Å². The summed E-state index contributed by atoms with van der Waals surface area (Å²) in [5, 5.41) is 9.49. The summed E-state index contributed by atoms with van der Waals surface area (Å²) < 4.78 is 10.9. The van der Waals surface area contributed by atoms with Gasteiger partial charge in [-0.15, -0.1) is 0 Å². The fourth-order valence-corrected chi connectivity index (χ4v) is 2.69. The maximum Gasteiger partial charge on any atom is 0.260 e. The van der Waals surface area contributed by atoms with Crippen molar-refractivity contribution in [2.24, 2.45) is 0 Å². The summed E-state index contributed by atoms with van der Waals surface area (Å²) >= 11 is 5.99. The molecular weight excluding hydrogens is 342 g/mol. The van der Waals surface area contributed by atoms with Crippen LogP contribution < -0.4 is 4.74 Å². The average molecular weight is 366 g/mol. The summed E-state index contributed by atoms with van der Waals surface area (Å²) in [5.74, 6) is 0.500. The van der Waals surface area contributed by atoms with Gasteiger partial charge < -0.3 is 14.4 Å². The first kappa shape index (κ1) is 19.5. The van der Waals surface area contributed by atoms with Crippen LogP contribution in [0.15, 0.2) is 18.2 Å². The Morgan fingerprint density at radius 3 is 2.84 bits per heavy atom. The molecule has 0 aromatic heterocycles. The van der Waals surface area contributed by atoms with Crippen molar-refractivity contribution in [3.63, 3.8) is 0 Å². The first-order chi connectivity index (χ1) is 12.1. The number of nitrogens with zero attached hydrogens (tertiary/aromatic N) is 3. The number of benzene rings is 1. The second-order valence-electron chi connectivity index (χ2n) is 5.94. The summed E-state index contributed by atoms with van der Waals surface area (Å²) in [5.41, 5.74) is 0.903. The van der Waals surface area contributed by atoms with Gasteiger partial charge in [-0.2, -0.15) is 5.26 Å². The molecule has 0 saturated carbocycles. The standard InChI is InChI=1S/C18H24ClN3O3/c1-15-13-16(3-4-17(15)19)25-14-18(23)22(6-2-5-20)8-7-21-9-11-24-12-10-21/h3-4,13H,2,6-12,14H2,1H3. The zero-order valence-corrected chi connectivity index (χ0v) is 15.3. The zero-order chi connectivity index (χ0) is 18.1. The Bertz CT molecular complexity index is 612. The molecule has 0 unspecified atom stereocenters. The number of carbonyl (C=O) groups excluding carboxylic acids is 1. The van der Waals surface area contributed by atoms with E-state index in [9.17, 15) is 4.79 Å². The topological polar surface area (TPSA) is 65.8 Å². The minimum absolute atomic E-state index is 0.0460. The SMILES string of the molecule is Cc1cc(OCC(=O)N(CCC#N)CCN2CCOCC2)ccc1Cl. The Balaban J connectivity index is 1.85. The minimum atomic E-state index is -0.115. The van der Waals surface area contributed by atoms with Gasteiger partial charge in [-0.3, -0.25) is 9.69 Å². The van der Waals surface area contributed by atoms with Crippen LogP contribution in [0.4, 0.5) is 0 Å². The molecule has 0 aliphatic carbocycles. The number of halogens is 1. The summed E-state index contributed by atoms with van der Waals surface area (Å²) in [7, 11) is 0. The zero-order valence-electron chi connectivity index (χ0n) is 14.5. The lowest BCUT2D eigenvalue weighted by Gasteiger charge is -2.29. The normalized spacial score (nSPS) is 14.8. The molecule has 0 atom stereocenters. The lowest BCUT2D eigenvalue weighted by atomic mass is 10.2. The summed E-state index contributed by atoms with van der Waals surface area (Å²) in [4.78, 5) is 16.4. The van der Waals surface area contributed by atoms with Crippen LogP contribution in [0.25, 0.3) is 0 Å². The second kappa shape index (κ2) is 10.2. The third kappa shape index (κ3) is 6.54. The molecule has 0 bridgehead atoms. The van der Waals surface area contributed by atoms with Gasteiger partial charge in [-0.1, -0.05) is 11.6 Å². The van der Waals surface area contributed by atoms with Crippen molar-refractivity contribution >= 4 is 17.5 Å². The Morgan fingerprint density at radius 2 is 2.16 bits per heavy atom. The van der Waals surface area contributed by atoms with Gasteiger partial charge in [0.15, 0.2) is 6.61 Å². The maximum absolute atomic E-state index is 12.5. The van der Waals surface area contributed by atoms with Gasteiger partial charge >= 0.3 is 0 Å². The first-order valence-electron chi connectivity index (χ1n) is 8.44. The number of hydrogen-bond acceptors (Lipinski definition) is 5. The van der Waals surface area contributed by atoms with Gasteiger partial charge in [0, 0.05) is 37.7 Å². The number of amides is 1. The molecule has 25 heavy (non-hydrogen) atoms. The van der Waals surface area contributed by atoms with Crippen molar-refractivity contribution in [1.82, 2.24) is 9.80 Å². The monoisotopic (exact) mass is 365 g/mol. The molecule has 7 heteroatoms. The van der Waals surface area contributed by atoms with Crippen LogP contribution in [0.5, 0.6) is 5.75 Å². The molecule has 0 radical (unpaired) electrons. The lowest BCUT2D eigenvalue weighted by molar-refractivity contribution is -0.133. The number of nitriles is 1. The quantitative estimate of drug-likeness (QED) is 0.705. The second-order valence-corrected chi connectivity index (χ2v) is 6.35. The van der Waals surface area contributed by atoms with Gasteiger partial charge in [0.1, 0.15) is 5.75 Å². The van der Waals surface area contributed by atoms with Crippen LogP contribution in [-0.4, -0.2) is 68.3 Å². The molecule has 0 N–H and O–H groups in total. The molecular formula is C18H24ClN3O3. The highest BCUT2D eigenvalue weighted by molar-refractivity contribution is 6.31. The molecule has 2 rings (SSSR count). The first-order valence-corrected chi connectivity index (χ1v) is 8.81. The van der Waals surface area contributed by atoms with E-state index in [1.54, 1.807) is 17.0 Å². The molecule has 1 aromatic rings. The third-order valence-electron chi connectivity index (χ3n) is 4.13. The van der Waals surface area contributed by atoms with Gasteiger partial charge in [0.25, 0.3) is 5.91 Å². The molecule has 1 heterocycles. The third-order valence-corrected chi connectivity index (χ3v) is 4.55. The summed E-state index contributed by atoms with van der Waals surface area (Å²) in [6, 6.07) is 7.40. The highest BCUT2D eigenvalue weighted by Gasteiger charge is 2.17. The van der Waals surface area contributed by atoms with Crippen LogP contribution in [-0.2, 0) is 9.53 Å². The number of hydrogen-bond donors (Lipinski definition) is 0. The number of ether oxygens (including phenoxy) is 2. The Morgan fingerprint density at radius 1 is 1.40 bits per heavy atom. The average Bonchev–Trinajstić information content (AvgIpc) is 2.63. The van der Waals surface area contributed by atoms with Gasteiger partial charge in [0.05, 0.1) is 25.7 Å². The molecule has 1 aliphatic heterocycles. The fraction of sp³-hybridized carbons (Fsp3) is 0.556. The van der Waals surface area contributed by atoms with Crippen LogP contribution in [0, 0.1) is 18.3 Å².